The normalized spacial score (nSPS) is 20.8. The minimum atomic E-state index is -0.0597. The van der Waals surface area contributed by atoms with Crippen molar-refractivity contribution in [2.24, 2.45) is 5.92 Å². The maximum absolute atomic E-state index is 12.2. The Balaban J connectivity index is 1.99. The van der Waals surface area contributed by atoms with Crippen LogP contribution in [0.15, 0.2) is 18.2 Å². The van der Waals surface area contributed by atoms with Gasteiger partial charge in [0.05, 0.1) is 0 Å². The largest absolute Gasteiger partial charge is 0.508 e. The van der Waals surface area contributed by atoms with Gasteiger partial charge in [0.1, 0.15) is 5.75 Å². The van der Waals surface area contributed by atoms with E-state index in [4.69, 9.17) is 0 Å². The summed E-state index contributed by atoms with van der Waals surface area (Å²) < 4.78 is 0. The van der Waals surface area contributed by atoms with Gasteiger partial charge in [0.15, 0.2) is 0 Å². The SMILES string of the molecule is Cc1cc(O)ccc1C(=O)NC(C)C1CCCNC1. The summed E-state index contributed by atoms with van der Waals surface area (Å²) in [6.45, 7) is 5.94. The molecule has 1 aromatic rings. The zero-order chi connectivity index (χ0) is 13.8. The molecule has 2 atom stereocenters. The van der Waals surface area contributed by atoms with Gasteiger partial charge in [0.25, 0.3) is 5.91 Å². The molecular weight excluding hydrogens is 240 g/mol. The molecule has 0 saturated carbocycles. The second-order valence-corrected chi connectivity index (χ2v) is 5.37. The average molecular weight is 262 g/mol. The van der Waals surface area contributed by atoms with E-state index in [1.54, 1.807) is 18.2 Å². The minimum Gasteiger partial charge on any atom is -0.508 e. The van der Waals surface area contributed by atoms with E-state index in [-0.39, 0.29) is 17.7 Å². The van der Waals surface area contributed by atoms with E-state index < -0.39 is 0 Å². The number of phenolic OH excluding ortho intramolecular Hbond substituents is 1. The van der Waals surface area contributed by atoms with Crippen LogP contribution in [0.3, 0.4) is 0 Å². The average Bonchev–Trinajstić information content (AvgIpc) is 2.39. The summed E-state index contributed by atoms with van der Waals surface area (Å²) in [6.07, 6.45) is 2.33. The Labute approximate surface area is 114 Å². The van der Waals surface area contributed by atoms with Gasteiger partial charge in [-0.2, -0.15) is 0 Å². The van der Waals surface area contributed by atoms with Crippen LogP contribution in [0.2, 0.25) is 0 Å². The first-order chi connectivity index (χ1) is 9.08. The van der Waals surface area contributed by atoms with Crippen LogP contribution in [0, 0.1) is 12.8 Å². The van der Waals surface area contributed by atoms with Gasteiger partial charge in [-0.3, -0.25) is 4.79 Å². The highest BCUT2D eigenvalue weighted by Gasteiger charge is 2.22. The molecule has 1 aliphatic heterocycles. The van der Waals surface area contributed by atoms with Crippen LogP contribution in [-0.4, -0.2) is 30.1 Å². The Morgan fingerprint density at radius 1 is 1.53 bits per heavy atom. The molecule has 4 nitrogen and oxygen atoms in total. The van der Waals surface area contributed by atoms with Gasteiger partial charge < -0.3 is 15.7 Å². The van der Waals surface area contributed by atoms with Crippen molar-refractivity contribution >= 4 is 5.91 Å². The molecule has 1 saturated heterocycles. The summed E-state index contributed by atoms with van der Waals surface area (Å²) in [5.41, 5.74) is 1.43. The van der Waals surface area contributed by atoms with Crippen LogP contribution in [-0.2, 0) is 0 Å². The monoisotopic (exact) mass is 262 g/mol. The molecule has 1 aromatic carbocycles. The van der Waals surface area contributed by atoms with Gasteiger partial charge in [-0.15, -0.1) is 0 Å². The van der Waals surface area contributed by atoms with Gasteiger partial charge >= 0.3 is 0 Å². The van der Waals surface area contributed by atoms with Gasteiger partial charge in [0, 0.05) is 11.6 Å². The van der Waals surface area contributed by atoms with Crippen LogP contribution >= 0.6 is 0 Å². The lowest BCUT2D eigenvalue weighted by molar-refractivity contribution is 0.0921. The number of rotatable bonds is 3. The smallest absolute Gasteiger partial charge is 0.251 e. The highest BCUT2D eigenvalue weighted by Crippen LogP contribution is 2.18. The quantitative estimate of drug-likeness (QED) is 0.778. The standard InChI is InChI=1S/C15H22N2O2/c1-10-8-13(18)5-6-14(10)15(19)17-11(2)12-4-3-7-16-9-12/h5-6,8,11-12,16,18H,3-4,7,9H2,1-2H3,(H,17,19). The Kier molecular flexibility index (Phi) is 4.43. The van der Waals surface area contributed by atoms with E-state index in [1.807, 2.05) is 6.92 Å². The van der Waals surface area contributed by atoms with Crippen LogP contribution in [0.5, 0.6) is 5.75 Å². The fourth-order valence-electron chi connectivity index (χ4n) is 2.61. The molecule has 4 heteroatoms. The molecule has 1 fully saturated rings. The third-order valence-electron chi connectivity index (χ3n) is 3.86. The number of aromatic hydroxyl groups is 1. The Bertz CT molecular complexity index is 453. The molecule has 0 aliphatic carbocycles. The van der Waals surface area contributed by atoms with Crippen molar-refractivity contribution in [3.05, 3.63) is 29.3 Å². The topological polar surface area (TPSA) is 61.4 Å². The van der Waals surface area contributed by atoms with Crippen molar-refractivity contribution in [2.75, 3.05) is 13.1 Å². The van der Waals surface area contributed by atoms with Crippen LogP contribution in [0.4, 0.5) is 0 Å². The number of carbonyl (C=O) groups is 1. The number of hydrogen-bond donors (Lipinski definition) is 3. The second kappa shape index (κ2) is 6.06. The first kappa shape index (κ1) is 13.9. The Morgan fingerprint density at radius 3 is 2.95 bits per heavy atom. The minimum absolute atomic E-state index is 0.0597. The lowest BCUT2D eigenvalue weighted by Gasteiger charge is -2.29. The molecule has 1 heterocycles. The van der Waals surface area contributed by atoms with Crippen LogP contribution in [0.25, 0.3) is 0 Å². The molecule has 0 aromatic heterocycles. The van der Waals surface area contributed by atoms with Crippen LogP contribution < -0.4 is 10.6 Å². The van der Waals surface area contributed by atoms with Gasteiger partial charge in [-0.05, 0) is 69.5 Å². The Hall–Kier alpha value is -1.55. The first-order valence-electron chi connectivity index (χ1n) is 6.89. The van der Waals surface area contributed by atoms with E-state index in [1.165, 1.54) is 6.42 Å². The molecule has 2 unspecified atom stereocenters. The third-order valence-corrected chi connectivity index (χ3v) is 3.86. The molecule has 0 radical (unpaired) electrons. The van der Waals surface area contributed by atoms with E-state index in [9.17, 15) is 9.90 Å². The summed E-state index contributed by atoms with van der Waals surface area (Å²) in [5, 5.41) is 15.8. The summed E-state index contributed by atoms with van der Waals surface area (Å²) in [5.74, 6) is 0.629. The molecule has 0 spiro atoms. The molecule has 104 valence electrons. The maximum Gasteiger partial charge on any atom is 0.251 e. The van der Waals surface area contributed by atoms with Crippen molar-refractivity contribution in [1.82, 2.24) is 10.6 Å². The lowest BCUT2D eigenvalue weighted by Crippen LogP contribution is -2.44. The first-order valence-corrected chi connectivity index (χ1v) is 6.89. The van der Waals surface area contributed by atoms with Crippen molar-refractivity contribution in [3.63, 3.8) is 0 Å². The zero-order valence-corrected chi connectivity index (χ0v) is 11.6. The lowest BCUT2D eigenvalue weighted by atomic mass is 9.92. The summed E-state index contributed by atoms with van der Waals surface area (Å²) in [4.78, 5) is 12.2. The highest BCUT2D eigenvalue weighted by molar-refractivity contribution is 5.95. The molecule has 3 N–H and O–H groups in total. The van der Waals surface area contributed by atoms with Gasteiger partial charge in [0.2, 0.25) is 0 Å². The van der Waals surface area contributed by atoms with Gasteiger partial charge in [-0.25, -0.2) is 0 Å². The van der Waals surface area contributed by atoms with Crippen molar-refractivity contribution in [3.8, 4) is 5.75 Å². The van der Waals surface area contributed by atoms with E-state index >= 15 is 0 Å². The van der Waals surface area contributed by atoms with E-state index in [0.29, 0.717) is 11.5 Å². The van der Waals surface area contributed by atoms with Crippen molar-refractivity contribution in [2.45, 2.75) is 32.7 Å². The number of piperidine rings is 1. The molecule has 19 heavy (non-hydrogen) atoms. The van der Waals surface area contributed by atoms with Gasteiger partial charge in [-0.1, -0.05) is 0 Å². The number of phenols is 1. The van der Waals surface area contributed by atoms with Crippen molar-refractivity contribution in [1.29, 1.82) is 0 Å². The van der Waals surface area contributed by atoms with Crippen LogP contribution in [0.1, 0.15) is 35.7 Å². The number of hydrogen-bond acceptors (Lipinski definition) is 3. The molecule has 1 aliphatic rings. The zero-order valence-electron chi connectivity index (χ0n) is 11.6. The molecular formula is C15H22N2O2. The molecule has 2 rings (SSSR count). The molecule has 0 bridgehead atoms. The number of carbonyl (C=O) groups excluding carboxylic acids is 1. The summed E-state index contributed by atoms with van der Waals surface area (Å²) >= 11 is 0. The number of aryl methyl sites for hydroxylation is 1. The predicted octanol–water partition coefficient (Wildman–Crippen LogP) is 1.82. The molecule has 1 amide bonds. The Morgan fingerprint density at radius 2 is 2.32 bits per heavy atom. The summed E-state index contributed by atoms with van der Waals surface area (Å²) in [6, 6.07) is 5.00. The van der Waals surface area contributed by atoms with E-state index in [0.717, 1.165) is 25.1 Å². The fourth-order valence-corrected chi connectivity index (χ4v) is 2.61. The number of amides is 1. The second-order valence-electron chi connectivity index (χ2n) is 5.37. The van der Waals surface area contributed by atoms with Crippen molar-refractivity contribution < 1.29 is 9.90 Å². The number of nitrogens with one attached hydrogen (secondary N) is 2. The highest BCUT2D eigenvalue weighted by atomic mass is 16.3. The predicted molar refractivity (Wildman–Crippen MR) is 75.4 cm³/mol. The maximum atomic E-state index is 12.2. The summed E-state index contributed by atoms with van der Waals surface area (Å²) in [7, 11) is 0. The third kappa shape index (κ3) is 3.47. The fraction of sp³-hybridized carbons (Fsp3) is 0.533. The number of benzene rings is 1. The van der Waals surface area contributed by atoms with E-state index in [2.05, 4.69) is 17.6 Å².